The molecule has 2 heterocycles. The predicted molar refractivity (Wildman–Crippen MR) is 74.1 cm³/mol. The van der Waals surface area contributed by atoms with Gasteiger partial charge in [0, 0.05) is 19.4 Å². The summed E-state index contributed by atoms with van der Waals surface area (Å²) in [6, 6.07) is 2.97. The van der Waals surface area contributed by atoms with E-state index in [-0.39, 0.29) is 15.7 Å². The van der Waals surface area contributed by atoms with Crippen molar-refractivity contribution in [3.63, 3.8) is 0 Å². The van der Waals surface area contributed by atoms with Gasteiger partial charge in [0.2, 0.25) is 0 Å². The zero-order valence-electron chi connectivity index (χ0n) is 9.94. The fraction of sp³-hybridized carbons (Fsp3) is 0.100. The van der Waals surface area contributed by atoms with Gasteiger partial charge in [-0.05, 0) is 12.1 Å². The highest BCUT2D eigenvalue weighted by Crippen LogP contribution is 2.18. The first-order chi connectivity index (χ1) is 8.92. The SMILES string of the molecule is Cn1ncc(C(N)=S)c1NS(=O)(=O)c1cccnc1. The molecule has 0 atom stereocenters. The number of hydrogen-bond donors (Lipinski definition) is 2. The van der Waals surface area contributed by atoms with Crippen molar-refractivity contribution >= 4 is 33.0 Å². The minimum absolute atomic E-state index is 0.0464. The zero-order chi connectivity index (χ0) is 14.0. The molecule has 0 saturated carbocycles. The Kier molecular flexibility index (Phi) is 3.49. The van der Waals surface area contributed by atoms with Gasteiger partial charge in [0.15, 0.2) is 0 Å². The molecule has 0 unspecified atom stereocenters. The van der Waals surface area contributed by atoms with Crippen LogP contribution >= 0.6 is 12.2 Å². The average molecular weight is 297 g/mol. The Bertz CT molecular complexity index is 709. The Labute approximate surface area is 115 Å². The van der Waals surface area contributed by atoms with Crippen molar-refractivity contribution in [3.8, 4) is 0 Å². The Morgan fingerprint density at radius 1 is 1.47 bits per heavy atom. The largest absolute Gasteiger partial charge is 0.389 e. The summed E-state index contributed by atoms with van der Waals surface area (Å²) in [7, 11) is -2.16. The standard InChI is InChI=1S/C10H11N5O2S2/c1-15-10(8(6-13-15)9(11)18)14-19(16,17)7-3-2-4-12-5-7/h2-6,14H,1H3,(H2,11,18). The second-order valence-electron chi connectivity index (χ2n) is 3.69. The predicted octanol–water partition coefficient (Wildman–Crippen LogP) is 0.250. The van der Waals surface area contributed by atoms with Gasteiger partial charge in [-0.3, -0.25) is 14.4 Å². The quantitative estimate of drug-likeness (QED) is 0.784. The van der Waals surface area contributed by atoms with Crippen molar-refractivity contribution in [2.45, 2.75) is 4.90 Å². The number of sulfonamides is 1. The maximum atomic E-state index is 12.2. The Morgan fingerprint density at radius 2 is 2.21 bits per heavy atom. The number of aryl methyl sites for hydroxylation is 1. The molecule has 100 valence electrons. The first-order valence-corrected chi connectivity index (χ1v) is 7.05. The molecule has 0 aliphatic carbocycles. The van der Waals surface area contributed by atoms with Gasteiger partial charge in [0.1, 0.15) is 15.7 Å². The summed E-state index contributed by atoms with van der Waals surface area (Å²) >= 11 is 4.85. The van der Waals surface area contributed by atoms with Gasteiger partial charge in [-0.2, -0.15) is 5.10 Å². The van der Waals surface area contributed by atoms with E-state index in [4.69, 9.17) is 18.0 Å². The second kappa shape index (κ2) is 4.94. The van der Waals surface area contributed by atoms with Crippen LogP contribution in [0.3, 0.4) is 0 Å². The van der Waals surface area contributed by atoms with Gasteiger partial charge in [-0.15, -0.1) is 0 Å². The molecular weight excluding hydrogens is 286 g/mol. The number of anilines is 1. The van der Waals surface area contributed by atoms with Gasteiger partial charge < -0.3 is 5.73 Å². The molecule has 0 aliphatic rings. The van der Waals surface area contributed by atoms with Crippen molar-refractivity contribution in [2.24, 2.45) is 12.8 Å². The van der Waals surface area contributed by atoms with E-state index in [0.29, 0.717) is 5.56 Å². The molecule has 2 aromatic rings. The average Bonchev–Trinajstić information content (AvgIpc) is 2.72. The molecule has 0 aromatic carbocycles. The highest BCUT2D eigenvalue weighted by atomic mass is 32.2. The molecule has 0 fully saturated rings. The van der Waals surface area contributed by atoms with E-state index in [1.165, 1.54) is 35.4 Å². The van der Waals surface area contributed by atoms with Crippen LogP contribution in [0.25, 0.3) is 0 Å². The molecule has 7 nitrogen and oxygen atoms in total. The van der Waals surface area contributed by atoms with Crippen LogP contribution < -0.4 is 10.5 Å². The molecule has 9 heteroatoms. The number of rotatable bonds is 4. The summed E-state index contributed by atoms with van der Waals surface area (Å²) < 4.78 is 28.0. The summed E-state index contributed by atoms with van der Waals surface area (Å²) in [5.41, 5.74) is 5.88. The second-order valence-corrected chi connectivity index (χ2v) is 5.81. The van der Waals surface area contributed by atoms with Crippen molar-refractivity contribution in [3.05, 3.63) is 36.3 Å². The summed E-state index contributed by atoms with van der Waals surface area (Å²) in [4.78, 5) is 3.88. The third-order valence-electron chi connectivity index (χ3n) is 2.38. The number of aromatic nitrogens is 3. The Balaban J connectivity index is 2.42. The number of nitrogens with two attached hydrogens (primary N) is 1. The van der Waals surface area contributed by atoms with Crippen LogP contribution in [0, 0.1) is 0 Å². The molecule has 0 aliphatic heterocycles. The van der Waals surface area contributed by atoms with E-state index in [0.717, 1.165) is 0 Å². The van der Waals surface area contributed by atoms with Gasteiger partial charge >= 0.3 is 0 Å². The number of pyridine rings is 1. The maximum Gasteiger partial charge on any atom is 0.264 e. The van der Waals surface area contributed by atoms with Crippen LogP contribution in [0.1, 0.15) is 5.56 Å². The van der Waals surface area contributed by atoms with Crippen molar-refractivity contribution in [1.82, 2.24) is 14.8 Å². The van der Waals surface area contributed by atoms with Crippen LogP contribution in [0.5, 0.6) is 0 Å². The van der Waals surface area contributed by atoms with Crippen molar-refractivity contribution < 1.29 is 8.42 Å². The lowest BCUT2D eigenvalue weighted by atomic mass is 10.3. The van der Waals surface area contributed by atoms with Gasteiger partial charge in [-0.1, -0.05) is 12.2 Å². The van der Waals surface area contributed by atoms with E-state index < -0.39 is 10.0 Å². The number of hydrogen-bond acceptors (Lipinski definition) is 5. The van der Waals surface area contributed by atoms with Crippen LogP contribution in [0.2, 0.25) is 0 Å². The van der Waals surface area contributed by atoms with E-state index in [2.05, 4.69) is 14.8 Å². The lowest BCUT2D eigenvalue weighted by Crippen LogP contribution is -2.19. The smallest absolute Gasteiger partial charge is 0.264 e. The zero-order valence-corrected chi connectivity index (χ0v) is 11.6. The van der Waals surface area contributed by atoms with Crippen LogP contribution in [-0.2, 0) is 17.1 Å². The molecule has 0 radical (unpaired) electrons. The van der Waals surface area contributed by atoms with E-state index in [1.54, 1.807) is 7.05 Å². The van der Waals surface area contributed by atoms with Crippen molar-refractivity contribution in [2.75, 3.05) is 4.72 Å². The third-order valence-corrected chi connectivity index (χ3v) is 3.92. The fourth-order valence-electron chi connectivity index (χ4n) is 1.43. The fourth-order valence-corrected chi connectivity index (χ4v) is 2.65. The van der Waals surface area contributed by atoms with Crippen LogP contribution in [0.15, 0.2) is 35.6 Å². The van der Waals surface area contributed by atoms with Crippen LogP contribution in [0.4, 0.5) is 5.82 Å². The van der Waals surface area contributed by atoms with E-state index in [9.17, 15) is 8.42 Å². The number of nitrogens with zero attached hydrogens (tertiary/aromatic N) is 3. The molecule has 19 heavy (non-hydrogen) atoms. The van der Waals surface area contributed by atoms with E-state index in [1.807, 2.05) is 0 Å². The minimum atomic E-state index is -3.75. The first-order valence-electron chi connectivity index (χ1n) is 5.16. The van der Waals surface area contributed by atoms with Gasteiger partial charge in [-0.25, -0.2) is 8.42 Å². The molecule has 2 rings (SSSR count). The van der Waals surface area contributed by atoms with Crippen LogP contribution in [-0.4, -0.2) is 28.2 Å². The molecular formula is C10H11N5O2S2. The lowest BCUT2D eigenvalue weighted by Gasteiger charge is -2.09. The molecule has 0 bridgehead atoms. The summed E-state index contributed by atoms with van der Waals surface area (Å²) in [5, 5.41) is 3.92. The van der Waals surface area contributed by atoms with E-state index >= 15 is 0 Å². The normalized spacial score (nSPS) is 11.2. The number of nitrogens with one attached hydrogen (secondary N) is 1. The molecule has 0 saturated heterocycles. The third kappa shape index (κ3) is 2.71. The summed E-state index contributed by atoms with van der Waals surface area (Å²) in [6.45, 7) is 0. The molecule has 3 N–H and O–H groups in total. The maximum absolute atomic E-state index is 12.2. The summed E-state index contributed by atoms with van der Waals surface area (Å²) in [5.74, 6) is 0.219. The summed E-state index contributed by atoms with van der Waals surface area (Å²) in [6.07, 6.45) is 4.14. The molecule has 0 amide bonds. The highest BCUT2D eigenvalue weighted by molar-refractivity contribution is 7.92. The van der Waals surface area contributed by atoms with Gasteiger partial charge in [0.25, 0.3) is 10.0 Å². The highest BCUT2D eigenvalue weighted by Gasteiger charge is 2.19. The first kappa shape index (κ1) is 13.4. The molecule has 0 spiro atoms. The monoisotopic (exact) mass is 297 g/mol. The lowest BCUT2D eigenvalue weighted by molar-refractivity contribution is 0.600. The van der Waals surface area contributed by atoms with Crippen molar-refractivity contribution in [1.29, 1.82) is 0 Å². The Hall–Kier alpha value is -2.00. The van der Waals surface area contributed by atoms with Gasteiger partial charge in [0.05, 0.1) is 11.8 Å². The minimum Gasteiger partial charge on any atom is -0.389 e. The topological polar surface area (TPSA) is 103 Å². The Morgan fingerprint density at radius 3 is 2.79 bits per heavy atom. The molecule has 2 aromatic heterocycles. The number of thiocarbonyl (C=S) groups is 1.